The fourth-order valence-electron chi connectivity index (χ4n) is 3.76. The minimum absolute atomic E-state index is 0.0700. The summed E-state index contributed by atoms with van der Waals surface area (Å²) in [7, 11) is 0. The van der Waals surface area contributed by atoms with Crippen LogP contribution in [0.2, 0.25) is 0 Å². The molecule has 2 aromatic heterocycles. The number of hydrazine groups is 1. The van der Waals surface area contributed by atoms with Gasteiger partial charge < -0.3 is 4.84 Å². The molecule has 1 fully saturated rings. The van der Waals surface area contributed by atoms with E-state index in [2.05, 4.69) is 23.7 Å². The van der Waals surface area contributed by atoms with Gasteiger partial charge in [-0.2, -0.15) is 5.01 Å². The van der Waals surface area contributed by atoms with E-state index in [1.807, 2.05) is 26.8 Å². The molecule has 162 valence electrons. The summed E-state index contributed by atoms with van der Waals surface area (Å²) in [6.45, 7) is 8.32. The van der Waals surface area contributed by atoms with E-state index < -0.39 is 5.97 Å². The Morgan fingerprint density at radius 2 is 1.97 bits per heavy atom. The summed E-state index contributed by atoms with van der Waals surface area (Å²) in [6.07, 6.45) is 5.31. The van der Waals surface area contributed by atoms with E-state index in [4.69, 9.17) is 4.84 Å². The van der Waals surface area contributed by atoms with Gasteiger partial charge in [0.15, 0.2) is 5.82 Å². The van der Waals surface area contributed by atoms with Crippen LogP contribution in [0.4, 0.5) is 11.5 Å². The number of carbonyl (C=O) groups excluding carboxylic acids is 2. The van der Waals surface area contributed by atoms with Crippen molar-refractivity contribution in [1.82, 2.24) is 4.98 Å². The molecule has 1 aliphatic heterocycles. The maximum Gasteiger partial charge on any atom is 0.377 e. The molecule has 0 bridgehead atoms. The van der Waals surface area contributed by atoms with Gasteiger partial charge in [0.25, 0.3) is 5.91 Å². The maximum absolute atomic E-state index is 13.7. The van der Waals surface area contributed by atoms with Gasteiger partial charge in [0.05, 0.1) is 10.6 Å². The summed E-state index contributed by atoms with van der Waals surface area (Å²) >= 11 is 1.26. The van der Waals surface area contributed by atoms with E-state index >= 15 is 0 Å². The number of nitrogens with zero attached hydrogens (tertiary/aromatic N) is 3. The van der Waals surface area contributed by atoms with Gasteiger partial charge in [0.1, 0.15) is 4.88 Å². The fraction of sp³-hybridized carbons (Fsp3) is 0.458. The normalized spacial score (nSPS) is 21.1. The molecule has 0 radical (unpaired) electrons. The first kappa shape index (κ1) is 21.4. The molecule has 0 atom stereocenters. The summed E-state index contributed by atoms with van der Waals surface area (Å²) in [5.74, 6) is 6.67. The molecule has 31 heavy (non-hydrogen) atoms. The number of hydrogen-bond acceptors (Lipinski definition) is 6. The minimum Gasteiger partial charge on any atom is -0.312 e. The number of aromatic nitrogens is 1. The van der Waals surface area contributed by atoms with Gasteiger partial charge in [0, 0.05) is 17.5 Å². The average Bonchev–Trinajstić information content (AvgIpc) is 3.17. The Morgan fingerprint density at radius 3 is 2.61 bits per heavy atom. The molecule has 4 rings (SSSR count). The first-order valence-corrected chi connectivity index (χ1v) is 11.5. The highest BCUT2D eigenvalue weighted by Gasteiger charge is 2.41. The lowest BCUT2D eigenvalue weighted by Gasteiger charge is -2.38. The minimum atomic E-state index is -0.504. The van der Waals surface area contributed by atoms with Crippen molar-refractivity contribution in [2.24, 2.45) is 17.3 Å². The molecule has 1 aliphatic carbocycles. The summed E-state index contributed by atoms with van der Waals surface area (Å²) in [4.78, 5) is 37.5. The van der Waals surface area contributed by atoms with E-state index in [1.54, 1.807) is 24.4 Å². The third kappa shape index (κ3) is 4.59. The molecular formula is C24H27N3O3S. The zero-order valence-corrected chi connectivity index (χ0v) is 19.2. The number of hydrogen-bond donors (Lipinski definition) is 0. The van der Waals surface area contributed by atoms with E-state index in [0.717, 1.165) is 30.6 Å². The zero-order valence-electron chi connectivity index (χ0n) is 18.3. The number of rotatable bonds is 2. The van der Waals surface area contributed by atoms with Gasteiger partial charge >= 0.3 is 5.97 Å². The van der Waals surface area contributed by atoms with E-state index in [-0.39, 0.29) is 17.2 Å². The van der Waals surface area contributed by atoms with Crippen LogP contribution in [0.5, 0.6) is 0 Å². The van der Waals surface area contributed by atoms with Gasteiger partial charge in [-0.3, -0.25) is 4.79 Å². The van der Waals surface area contributed by atoms with Crippen LogP contribution in [-0.2, 0) is 9.63 Å². The van der Waals surface area contributed by atoms with Crippen LogP contribution in [0.1, 0.15) is 67.9 Å². The van der Waals surface area contributed by atoms with Crippen molar-refractivity contribution in [1.29, 1.82) is 0 Å². The van der Waals surface area contributed by atoms with Gasteiger partial charge in [-0.15, -0.1) is 11.3 Å². The van der Waals surface area contributed by atoms with Crippen LogP contribution in [0.25, 0.3) is 0 Å². The first-order valence-electron chi connectivity index (χ1n) is 10.7. The number of thiophene rings is 1. The van der Waals surface area contributed by atoms with Crippen LogP contribution in [0.15, 0.2) is 30.5 Å². The van der Waals surface area contributed by atoms with Crippen LogP contribution < -0.4 is 10.2 Å². The molecule has 1 amide bonds. The van der Waals surface area contributed by atoms with Gasteiger partial charge in [-0.05, 0) is 70.6 Å². The predicted octanol–water partition coefficient (Wildman–Crippen LogP) is 5.21. The first-order chi connectivity index (χ1) is 14.7. The third-order valence-corrected chi connectivity index (χ3v) is 6.48. The lowest BCUT2D eigenvalue weighted by atomic mass is 9.82. The quantitative estimate of drug-likeness (QED) is 0.604. The number of amides is 1. The highest BCUT2D eigenvalue weighted by molar-refractivity contribution is 7.15. The number of pyridine rings is 1. The Kier molecular flexibility index (Phi) is 5.76. The van der Waals surface area contributed by atoms with E-state index in [9.17, 15) is 9.59 Å². The van der Waals surface area contributed by atoms with Gasteiger partial charge in [-0.1, -0.05) is 30.0 Å². The zero-order chi connectivity index (χ0) is 22.2. The van der Waals surface area contributed by atoms with Crippen molar-refractivity contribution in [2.75, 3.05) is 10.2 Å². The molecular weight excluding hydrogens is 410 g/mol. The largest absolute Gasteiger partial charge is 0.377 e. The van der Waals surface area contributed by atoms with Crippen molar-refractivity contribution < 1.29 is 14.4 Å². The predicted molar refractivity (Wildman–Crippen MR) is 121 cm³/mol. The molecule has 2 aromatic rings. The van der Waals surface area contributed by atoms with Crippen molar-refractivity contribution in [3.05, 3.63) is 40.2 Å². The summed E-state index contributed by atoms with van der Waals surface area (Å²) in [5, 5.41) is 2.72. The molecule has 3 heterocycles. The van der Waals surface area contributed by atoms with E-state index in [0.29, 0.717) is 22.3 Å². The molecule has 6 nitrogen and oxygen atoms in total. The highest BCUT2D eigenvalue weighted by Crippen LogP contribution is 2.40. The second kappa shape index (κ2) is 8.35. The number of anilines is 2. The molecule has 0 aromatic carbocycles. The maximum atomic E-state index is 13.7. The van der Waals surface area contributed by atoms with Crippen molar-refractivity contribution in [2.45, 2.75) is 53.4 Å². The van der Waals surface area contributed by atoms with Crippen LogP contribution in [-0.4, -0.2) is 16.9 Å². The fourth-order valence-corrected chi connectivity index (χ4v) is 4.62. The Bertz CT molecular complexity index is 1040. The Hall–Kier alpha value is -2.85. The molecule has 0 spiro atoms. The molecule has 0 saturated heterocycles. The molecule has 1 saturated carbocycles. The Morgan fingerprint density at radius 1 is 1.23 bits per heavy atom. The number of fused-ring (bicyclic) bond motifs is 1. The summed E-state index contributed by atoms with van der Waals surface area (Å²) in [6, 6.07) is 7.11. The lowest BCUT2D eigenvalue weighted by Crippen LogP contribution is -2.54. The monoisotopic (exact) mass is 437 g/mol. The average molecular weight is 438 g/mol. The highest BCUT2D eigenvalue weighted by atomic mass is 32.1. The molecule has 0 N–H and O–H groups in total. The Balaban J connectivity index is 1.76. The lowest BCUT2D eigenvalue weighted by molar-refractivity contribution is -0.125. The van der Waals surface area contributed by atoms with Crippen molar-refractivity contribution >= 4 is 34.7 Å². The topological polar surface area (TPSA) is 62.7 Å². The molecule has 2 aliphatic rings. The number of carbonyl (C=O) groups is 2. The Labute approximate surface area is 187 Å². The standard InChI is InChI=1S/C24H27N3O3S/c1-16-8-10-17(11-9-16)22(28)26-19-15-18(12-13-24(2,3)4)31-21(19)23(29)30-27(26)20-7-5-6-14-25-20/h5-7,14-17H,8-11H2,1-4H3. The smallest absolute Gasteiger partial charge is 0.312 e. The van der Waals surface area contributed by atoms with Crippen LogP contribution in [0, 0.1) is 29.1 Å². The third-order valence-electron chi connectivity index (χ3n) is 5.46. The van der Waals surface area contributed by atoms with Crippen LogP contribution in [0.3, 0.4) is 0 Å². The van der Waals surface area contributed by atoms with E-state index in [1.165, 1.54) is 21.5 Å². The molecule has 7 heteroatoms. The summed E-state index contributed by atoms with van der Waals surface area (Å²) < 4.78 is 0. The van der Waals surface area contributed by atoms with Crippen molar-refractivity contribution in [3.8, 4) is 11.8 Å². The SMILES string of the molecule is CC1CCC(C(=O)N2c3cc(C#CC(C)(C)C)sc3C(=O)ON2c2ccccn2)CC1. The summed E-state index contributed by atoms with van der Waals surface area (Å²) in [5.41, 5.74) is 0.355. The van der Waals surface area contributed by atoms with Gasteiger partial charge in [-0.25, -0.2) is 9.78 Å². The van der Waals surface area contributed by atoms with Gasteiger partial charge in [0.2, 0.25) is 0 Å². The van der Waals surface area contributed by atoms with Crippen molar-refractivity contribution in [3.63, 3.8) is 0 Å². The molecule has 0 unspecified atom stereocenters. The van der Waals surface area contributed by atoms with Crippen LogP contribution >= 0.6 is 11.3 Å². The second-order valence-electron chi connectivity index (χ2n) is 9.27. The second-order valence-corrected chi connectivity index (χ2v) is 10.3.